The lowest BCUT2D eigenvalue weighted by Crippen LogP contribution is -2.34. The summed E-state index contributed by atoms with van der Waals surface area (Å²) in [5.41, 5.74) is 2.42. The minimum Gasteiger partial charge on any atom is -0.423 e. The Hall–Kier alpha value is -2.89. The summed E-state index contributed by atoms with van der Waals surface area (Å²) >= 11 is 0. The first-order chi connectivity index (χ1) is 15.3. The molecule has 5 nitrogen and oxygen atoms in total. The predicted octanol–water partition coefficient (Wildman–Crippen LogP) is 5.44. The van der Waals surface area contributed by atoms with Crippen LogP contribution in [0.4, 0.5) is 5.69 Å². The lowest BCUT2D eigenvalue weighted by molar-refractivity contribution is 0.211. The number of nitrogens with one attached hydrogen (secondary N) is 1. The zero-order valence-electron chi connectivity index (χ0n) is 18.0. The van der Waals surface area contributed by atoms with Crippen molar-refractivity contribution in [1.82, 2.24) is 9.88 Å². The largest absolute Gasteiger partial charge is 0.423 e. The summed E-state index contributed by atoms with van der Waals surface area (Å²) in [7, 11) is 0. The molecule has 32 heavy (non-hydrogen) atoms. The summed E-state index contributed by atoms with van der Waals surface area (Å²) in [6.45, 7) is 4.10. The number of pyridine rings is 1. The maximum absolute atomic E-state index is 11.8. The number of halogens is 1. The molecule has 2 aromatic carbocycles. The molecule has 166 valence electrons. The zero-order chi connectivity index (χ0) is 21.0. The molecule has 0 amide bonds. The fourth-order valence-corrected chi connectivity index (χ4v) is 4.68. The lowest BCUT2D eigenvalue weighted by Gasteiger charge is -2.32. The Labute approximate surface area is 193 Å². The van der Waals surface area contributed by atoms with E-state index >= 15 is 0 Å². The van der Waals surface area contributed by atoms with Gasteiger partial charge in [-0.3, -0.25) is 4.98 Å². The van der Waals surface area contributed by atoms with Crippen molar-refractivity contribution in [3.05, 3.63) is 83.0 Å². The molecule has 1 aliphatic rings. The Morgan fingerprint density at radius 2 is 1.75 bits per heavy atom. The van der Waals surface area contributed by atoms with E-state index < -0.39 is 0 Å². The molecule has 0 bridgehead atoms. The fraction of sp³-hybridized carbons (Fsp3) is 0.308. The number of para-hydroxylation sites is 1. The van der Waals surface area contributed by atoms with Crippen LogP contribution < -0.4 is 10.9 Å². The van der Waals surface area contributed by atoms with Crippen LogP contribution in [0.25, 0.3) is 21.7 Å². The van der Waals surface area contributed by atoms with Gasteiger partial charge in [0.25, 0.3) is 0 Å². The second kappa shape index (κ2) is 10.2. The number of hydrogen-bond acceptors (Lipinski definition) is 5. The number of likely N-dealkylation sites (tertiary alicyclic amines) is 1. The molecule has 0 saturated carbocycles. The van der Waals surface area contributed by atoms with Gasteiger partial charge >= 0.3 is 5.63 Å². The summed E-state index contributed by atoms with van der Waals surface area (Å²) < 4.78 is 5.27. The van der Waals surface area contributed by atoms with Gasteiger partial charge in [-0.25, -0.2) is 4.79 Å². The third-order valence-corrected chi connectivity index (χ3v) is 6.30. The highest BCUT2D eigenvalue weighted by Crippen LogP contribution is 2.31. The summed E-state index contributed by atoms with van der Waals surface area (Å²) in [6, 6.07) is 19.9. The Bertz CT molecular complexity index is 1240. The van der Waals surface area contributed by atoms with E-state index in [4.69, 9.17) is 9.40 Å². The molecule has 4 aromatic rings. The van der Waals surface area contributed by atoms with Gasteiger partial charge in [-0.05, 0) is 62.5 Å². The van der Waals surface area contributed by atoms with E-state index in [0.29, 0.717) is 11.5 Å². The van der Waals surface area contributed by atoms with Gasteiger partial charge in [0.15, 0.2) is 0 Å². The average molecular weight is 450 g/mol. The van der Waals surface area contributed by atoms with Crippen molar-refractivity contribution in [1.29, 1.82) is 0 Å². The van der Waals surface area contributed by atoms with Crippen LogP contribution in [-0.2, 0) is 0 Å². The number of benzene rings is 2. The highest BCUT2D eigenvalue weighted by molar-refractivity contribution is 5.89. The zero-order valence-corrected chi connectivity index (χ0v) is 18.8. The van der Waals surface area contributed by atoms with E-state index in [1.54, 1.807) is 6.07 Å². The molecular formula is C26H28ClN3O2. The average Bonchev–Trinajstić information content (AvgIpc) is 2.82. The van der Waals surface area contributed by atoms with E-state index in [2.05, 4.69) is 40.5 Å². The van der Waals surface area contributed by atoms with Gasteiger partial charge in [-0.15, -0.1) is 12.4 Å². The Balaban J connectivity index is 0.00000245. The van der Waals surface area contributed by atoms with Gasteiger partial charge in [0.1, 0.15) is 5.58 Å². The lowest BCUT2D eigenvalue weighted by atomic mass is 9.90. The Kier molecular flexibility index (Phi) is 7.08. The number of piperidine rings is 1. The first kappa shape index (κ1) is 22.3. The first-order valence-electron chi connectivity index (χ1n) is 11.1. The SMILES string of the molecule is Cl.O=c1cc(NCCCN2CCC(c3nccc4ccccc34)CC2)c2ccccc2o1. The van der Waals surface area contributed by atoms with Crippen LogP contribution in [0.15, 0.2) is 76.1 Å². The Morgan fingerprint density at radius 3 is 2.59 bits per heavy atom. The Morgan fingerprint density at radius 1 is 1.00 bits per heavy atom. The van der Waals surface area contributed by atoms with E-state index in [1.165, 1.54) is 16.5 Å². The summed E-state index contributed by atoms with van der Waals surface area (Å²) in [4.78, 5) is 19.1. The minimum absolute atomic E-state index is 0. The topological polar surface area (TPSA) is 58.4 Å². The third-order valence-electron chi connectivity index (χ3n) is 6.30. The van der Waals surface area contributed by atoms with Crippen LogP contribution in [0.2, 0.25) is 0 Å². The van der Waals surface area contributed by atoms with Gasteiger partial charge in [-0.1, -0.05) is 36.4 Å². The number of hydrogen-bond donors (Lipinski definition) is 1. The molecule has 1 saturated heterocycles. The van der Waals surface area contributed by atoms with Gasteiger partial charge in [0.05, 0.1) is 11.4 Å². The van der Waals surface area contributed by atoms with Crippen LogP contribution in [0.5, 0.6) is 0 Å². The van der Waals surface area contributed by atoms with Crippen molar-refractivity contribution < 1.29 is 4.42 Å². The van der Waals surface area contributed by atoms with Gasteiger partial charge in [-0.2, -0.15) is 0 Å². The van der Waals surface area contributed by atoms with Crippen LogP contribution in [0, 0.1) is 0 Å². The van der Waals surface area contributed by atoms with Crippen molar-refractivity contribution in [3.63, 3.8) is 0 Å². The van der Waals surface area contributed by atoms with Crippen molar-refractivity contribution in [3.8, 4) is 0 Å². The quantitative estimate of drug-likeness (QED) is 0.313. The number of nitrogens with zero attached hydrogens (tertiary/aromatic N) is 2. The van der Waals surface area contributed by atoms with Gasteiger partial charge in [0, 0.05) is 35.5 Å². The van der Waals surface area contributed by atoms with Crippen molar-refractivity contribution >= 4 is 39.8 Å². The maximum atomic E-state index is 11.8. The standard InChI is InChI=1S/C26H27N3O2.ClH/c30-25-18-23(22-8-3-4-9-24(22)31-25)27-13-5-15-29-16-11-20(12-17-29)26-21-7-2-1-6-19(21)10-14-28-26;/h1-4,6-10,14,18,20,27H,5,11-13,15-17H2;1H. The molecule has 1 N–H and O–H groups in total. The molecule has 5 rings (SSSR count). The van der Waals surface area contributed by atoms with Crippen LogP contribution in [-0.4, -0.2) is 36.1 Å². The highest BCUT2D eigenvalue weighted by atomic mass is 35.5. The number of rotatable bonds is 6. The molecule has 0 atom stereocenters. The molecule has 1 aliphatic heterocycles. The second-order valence-electron chi connectivity index (χ2n) is 8.29. The third kappa shape index (κ3) is 4.79. The van der Waals surface area contributed by atoms with Crippen LogP contribution >= 0.6 is 12.4 Å². The van der Waals surface area contributed by atoms with Crippen LogP contribution in [0.3, 0.4) is 0 Å². The summed E-state index contributed by atoms with van der Waals surface area (Å²) in [6.07, 6.45) is 5.28. The number of aromatic nitrogens is 1. The fourth-order valence-electron chi connectivity index (χ4n) is 4.68. The van der Waals surface area contributed by atoms with Gasteiger partial charge in [0.2, 0.25) is 0 Å². The predicted molar refractivity (Wildman–Crippen MR) is 133 cm³/mol. The molecular weight excluding hydrogens is 422 g/mol. The first-order valence-corrected chi connectivity index (χ1v) is 11.1. The summed E-state index contributed by atoms with van der Waals surface area (Å²) in [5.74, 6) is 0.537. The second-order valence-corrected chi connectivity index (χ2v) is 8.29. The van der Waals surface area contributed by atoms with Crippen molar-refractivity contribution in [2.24, 2.45) is 0 Å². The monoisotopic (exact) mass is 449 g/mol. The highest BCUT2D eigenvalue weighted by Gasteiger charge is 2.22. The summed E-state index contributed by atoms with van der Waals surface area (Å²) in [5, 5.41) is 6.96. The number of anilines is 1. The maximum Gasteiger partial charge on any atom is 0.338 e. The van der Waals surface area contributed by atoms with Crippen LogP contribution in [0.1, 0.15) is 30.9 Å². The minimum atomic E-state index is -0.315. The van der Waals surface area contributed by atoms with E-state index in [0.717, 1.165) is 56.5 Å². The van der Waals surface area contributed by atoms with E-state index in [-0.39, 0.29) is 18.0 Å². The van der Waals surface area contributed by atoms with E-state index in [9.17, 15) is 4.79 Å². The normalized spacial score (nSPS) is 15.0. The smallest absolute Gasteiger partial charge is 0.338 e. The molecule has 0 aliphatic carbocycles. The molecule has 0 unspecified atom stereocenters. The van der Waals surface area contributed by atoms with Gasteiger partial charge < -0.3 is 14.6 Å². The molecule has 3 heterocycles. The van der Waals surface area contributed by atoms with E-state index in [1.807, 2.05) is 30.5 Å². The van der Waals surface area contributed by atoms with Crippen molar-refractivity contribution in [2.75, 3.05) is 31.5 Å². The molecule has 0 spiro atoms. The molecule has 0 radical (unpaired) electrons. The number of fused-ring (bicyclic) bond motifs is 2. The molecule has 2 aromatic heterocycles. The molecule has 1 fully saturated rings. The molecule has 6 heteroatoms. The van der Waals surface area contributed by atoms with Crippen molar-refractivity contribution in [2.45, 2.75) is 25.2 Å².